The molecule has 0 bridgehead atoms. The second-order valence-corrected chi connectivity index (χ2v) is 6.49. The zero-order valence-electron chi connectivity index (χ0n) is 14.7. The molecule has 6 nitrogen and oxygen atoms in total. The predicted molar refractivity (Wildman–Crippen MR) is 89.9 cm³/mol. The molecule has 0 aromatic carbocycles. The van der Waals surface area contributed by atoms with Crippen molar-refractivity contribution in [1.82, 2.24) is 10.6 Å². The third kappa shape index (κ3) is 3.69. The van der Waals surface area contributed by atoms with Gasteiger partial charge in [0.25, 0.3) is 11.8 Å². The standard InChI is InChI=1S/C18H24N2O4/c1-11(2)18(5,20-17(22)15-7-9-24-13(15)4)10-19-16(21)14-6-8-23-12(14)3/h6-9,11H,10H2,1-5H3,(H,19,21)(H,20,22). The summed E-state index contributed by atoms with van der Waals surface area (Å²) in [4.78, 5) is 24.7. The molecule has 0 spiro atoms. The Bertz CT molecular complexity index is 729. The van der Waals surface area contributed by atoms with Gasteiger partial charge in [-0.1, -0.05) is 13.8 Å². The van der Waals surface area contributed by atoms with Crippen LogP contribution in [0.4, 0.5) is 0 Å². The van der Waals surface area contributed by atoms with Crippen LogP contribution in [0.25, 0.3) is 0 Å². The molecule has 0 saturated heterocycles. The van der Waals surface area contributed by atoms with E-state index in [0.717, 1.165) is 0 Å². The summed E-state index contributed by atoms with van der Waals surface area (Å²) in [5.74, 6) is 0.806. The molecule has 24 heavy (non-hydrogen) atoms. The lowest BCUT2D eigenvalue weighted by Crippen LogP contribution is -2.57. The molecule has 2 heterocycles. The Hall–Kier alpha value is -2.50. The Balaban J connectivity index is 2.07. The molecule has 0 aliphatic carbocycles. The number of rotatable bonds is 6. The highest BCUT2D eigenvalue weighted by molar-refractivity contribution is 5.96. The Morgan fingerprint density at radius 1 is 1.04 bits per heavy atom. The lowest BCUT2D eigenvalue weighted by molar-refractivity contribution is 0.0841. The molecule has 0 aliphatic rings. The lowest BCUT2D eigenvalue weighted by Gasteiger charge is -2.35. The van der Waals surface area contributed by atoms with Crippen LogP contribution in [0.2, 0.25) is 0 Å². The average Bonchev–Trinajstić information content (AvgIpc) is 3.13. The maximum Gasteiger partial charge on any atom is 0.255 e. The number of amides is 2. The molecule has 2 rings (SSSR count). The van der Waals surface area contributed by atoms with Crippen LogP contribution in [0.5, 0.6) is 0 Å². The minimum atomic E-state index is -0.603. The highest BCUT2D eigenvalue weighted by atomic mass is 16.3. The van der Waals surface area contributed by atoms with Gasteiger partial charge in [0.05, 0.1) is 29.2 Å². The van der Waals surface area contributed by atoms with Gasteiger partial charge in [-0.25, -0.2) is 0 Å². The molecule has 2 aromatic rings. The summed E-state index contributed by atoms with van der Waals surface area (Å²) in [6.45, 7) is 9.69. The Morgan fingerprint density at radius 3 is 1.96 bits per heavy atom. The van der Waals surface area contributed by atoms with Crippen LogP contribution < -0.4 is 10.6 Å². The minimum Gasteiger partial charge on any atom is -0.469 e. The number of hydrogen-bond acceptors (Lipinski definition) is 4. The predicted octanol–water partition coefficient (Wildman–Crippen LogP) is 3.06. The number of carbonyl (C=O) groups is 2. The normalized spacial score (nSPS) is 13.6. The van der Waals surface area contributed by atoms with E-state index < -0.39 is 5.54 Å². The van der Waals surface area contributed by atoms with E-state index in [1.54, 1.807) is 26.0 Å². The van der Waals surface area contributed by atoms with Gasteiger partial charge < -0.3 is 19.5 Å². The highest BCUT2D eigenvalue weighted by Crippen LogP contribution is 2.18. The summed E-state index contributed by atoms with van der Waals surface area (Å²) in [6, 6.07) is 3.27. The number of nitrogens with one attached hydrogen (secondary N) is 2. The van der Waals surface area contributed by atoms with Gasteiger partial charge >= 0.3 is 0 Å². The van der Waals surface area contributed by atoms with Crippen LogP contribution in [0, 0.1) is 19.8 Å². The van der Waals surface area contributed by atoms with Crippen molar-refractivity contribution in [3.8, 4) is 0 Å². The highest BCUT2D eigenvalue weighted by Gasteiger charge is 2.32. The van der Waals surface area contributed by atoms with Crippen molar-refractivity contribution in [3.05, 3.63) is 47.3 Å². The second kappa shape index (κ2) is 6.95. The van der Waals surface area contributed by atoms with E-state index in [1.165, 1.54) is 12.5 Å². The first kappa shape index (κ1) is 17.8. The van der Waals surface area contributed by atoms with Gasteiger partial charge in [-0.15, -0.1) is 0 Å². The van der Waals surface area contributed by atoms with Gasteiger partial charge in [-0.05, 0) is 38.8 Å². The third-order valence-electron chi connectivity index (χ3n) is 4.50. The van der Waals surface area contributed by atoms with Crippen molar-refractivity contribution >= 4 is 11.8 Å². The van der Waals surface area contributed by atoms with E-state index in [1.807, 2.05) is 20.8 Å². The van der Waals surface area contributed by atoms with Gasteiger partial charge in [0.2, 0.25) is 0 Å². The molecule has 2 aromatic heterocycles. The Labute approximate surface area is 141 Å². The first-order chi connectivity index (χ1) is 11.2. The van der Waals surface area contributed by atoms with Crippen molar-refractivity contribution in [3.63, 3.8) is 0 Å². The molecule has 2 N–H and O–H groups in total. The quantitative estimate of drug-likeness (QED) is 0.851. The summed E-state index contributed by atoms with van der Waals surface area (Å²) in [7, 11) is 0. The molecule has 0 fully saturated rings. The maximum atomic E-state index is 12.5. The fraction of sp³-hybridized carbons (Fsp3) is 0.444. The first-order valence-corrected chi connectivity index (χ1v) is 7.93. The zero-order chi connectivity index (χ0) is 17.9. The van der Waals surface area contributed by atoms with Crippen LogP contribution in [-0.2, 0) is 0 Å². The molecule has 1 atom stereocenters. The van der Waals surface area contributed by atoms with E-state index in [-0.39, 0.29) is 17.7 Å². The summed E-state index contributed by atoms with van der Waals surface area (Å²) < 4.78 is 10.3. The molecule has 0 radical (unpaired) electrons. The van der Waals surface area contributed by atoms with Gasteiger partial charge in [0, 0.05) is 6.54 Å². The monoisotopic (exact) mass is 332 g/mol. The van der Waals surface area contributed by atoms with Crippen molar-refractivity contribution in [2.24, 2.45) is 5.92 Å². The van der Waals surface area contributed by atoms with Crippen LogP contribution >= 0.6 is 0 Å². The molecule has 0 saturated carbocycles. The Morgan fingerprint density at radius 2 is 1.54 bits per heavy atom. The molecule has 0 aliphatic heterocycles. The van der Waals surface area contributed by atoms with E-state index in [4.69, 9.17) is 8.83 Å². The fourth-order valence-corrected chi connectivity index (χ4v) is 2.32. The van der Waals surface area contributed by atoms with Gasteiger partial charge in [0.1, 0.15) is 11.5 Å². The Kier molecular flexibility index (Phi) is 5.17. The third-order valence-corrected chi connectivity index (χ3v) is 4.50. The second-order valence-electron chi connectivity index (χ2n) is 6.49. The number of carbonyl (C=O) groups excluding carboxylic acids is 2. The summed E-state index contributed by atoms with van der Waals surface area (Å²) in [5, 5.41) is 5.89. The summed E-state index contributed by atoms with van der Waals surface area (Å²) in [6.07, 6.45) is 2.97. The molecule has 2 amide bonds. The van der Waals surface area contributed by atoms with Crippen LogP contribution in [0.15, 0.2) is 33.5 Å². The largest absolute Gasteiger partial charge is 0.469 e. The SMILES string of the molecule is Cc1occc1C(=O)NCC(C)(NC(=O)c1ccoc1C)C(C)C. The molecular formula is C18H24N2O4. The van der Waals surface area contributed by atoms with Crippen LogP contribution in [0.3, 0.4) is 0 Å². The molecular weight excluding hydrogens is 308 g/mol. The van der Waals surface area contributed by atoms with E-state index in [0.29, 0.717) is 29.2 Å². The summed E-state index contributed by atoms with van der Waals surface area (Å²) in [5.41, 5.74) is 0.394. The molecule has 1 unspecified atom stereocenters. The first-order valence-electron chi connectivity index (χ1n) is 7.93. The van der Waals surface area contributed by atoms with Crippen molar-refractivity contribution < 1.29 is 18.4 Å². The van der Waals surface area contributed by atoms with E-state index in [9.17, 15) is 9.59 Å². The number of aryl methyl sites for hydroxylation is 2. The van der Waals surface area contributed by atoms with Crippen molar-refractivity contribution in [1.29, 1.82) is 0 Å². The van der Waals surface area contributed by atoms with E-state index in [2.05, 4.69) is 10.6 Å². The van der Waals surface area contributed by atoms with Gasteiger partial charge in [0.15, 0.2) is 0 Å². The number of hydrogen-bond donors (Lipinski definition) is 2. The zero-order valence-corrected chi connectivity index (χ0v) is 14.7. The minimum absolute atomic E-state index is 0.111. The molecule has 130 valence electrons. The van der Waals surface area contributed by atoms with Gasteiger partial charge in [-0.2, -0.15) is 0 Å². The van der Waals surface area contributed by atoms with Crippen molar-refractivity contribution in [2.45, 2.75) is 40.2 Å². The molecule has 6 heteroatoms. The average molecular weight is 332 g/mol. The van der Waals surface area contributed by atoms with Gasteiger partial charge in [-0.3, -0.25) is 9.59 Å². The van der Waals surface area contributed by atoms with Crippen LogP contribution in [0.1, 0.15) is 53.0 Å². The van der Waals surface area contributed by atoms with Crippen LogP contribution in [-0.4, -0.2) is 23.9 Å². The lowest BCUT2D eigenvalue weighted by atomic mass is 9.87. The van der Waals surface area contributed by atoms with Crippen molar-refractivity contribution in [2.75, 3.05) is 6.54 Å². The summed E-state index contributed by atoms with van der Waals surface area (Å²) >= 11 is 0. The number of furan rings is 2. The maximum absolute atomic E-state index is 12.5. The smallest absolute Gasteiger partial charge is 0.255 e. The van der Waals surface area contributed by atoms with E-state index >= 15 is 0 Å². The topological polar surface area (TPSA) is 84.5 Å². The fourth-order valence-electron chi connectivity index (χ4n) is 2.32.